The van der Waals surface area contributed by atoms with E-state index in [-0.39, 0.29) is 18.6 Å². The molecule has 0 radical (unpaired) electrons. The molecule has 0 fully saturated rings. The van der Waals surface area contributed by atoms with E-state index < -0.39 is 6.04 Å². The Morgan fingerprint density at radius 2 is 2.08 bits per heavy atom. The van der Waals surface area contributed by atoms with E-state index in [0.29, 0.717) is 23.6 Å². The van der Waals surface area contributed by atoms with Crippen LogP contribution in [0.25, 0.3) is 0 Å². The molecular formula is C17H17N3O4. The van der Waals surface area contributed by atoms with Crippen molar-refractivity contribution in [2.75, 3.05) is 6.79 Å². The van der Waals surface area contributed by atoms with Crippen molar-refractivity contribution in [2.45, 2.75) is 19.5 Å². The minimum absolute atomic E-state index is 0.211. The molecule has 0 aliphatic carbocycles. The van der Waals surface area contributed by atoms with Gasteiger partial charge in [-0.2, -0.15) is 0 Å². The number of carbonyl (C=O) groups excluding carboxylic acids is 2. The lowest BCUT2D eigenvalue weighted by molar-refractivity contribution is -0.122. The predicted molar refractivity (Wildman–Crippen MR) is 85.6 cm³/mol. The molecule has 0 saturated heterocycles. The van der Waals surface area contributed by atoms with Crippen LogP contribution in [0.1, 0.15) is 22.8 Å². The summed E-state index contributed by atoms with van der Waals surface area (Å²) < 4.78 is 10.5. The Hall–Kier alpha value is -3.09. The maximum Gasteiger partial charge on any atom is 0.253 e. The number of fused-ring (bicyclic) bond motifs is 1. The van der Waals surface area contributed by atoms with Crippen LogP contribution in [0, 0.1) is 0 Å². The summed E-state index contributed by atoms with van der Waals surface area (Å²) in [4.78, 5) is 28.0. The molecule has 1 aromatic heterocycles. The molecule has 0 spiro atoms. The molecule has 1 atom stereocenters. The van der Waals surface area contributed by atoms with Crippen molar-refractivity contribution in [1.82, 2.24) is 15.6 Å². The molecule has 2 heterocycles. The molecule has 1 aliphatic rings. The molecule has 124 valence electrons. The van der Waals surface area contributed by atoms with Crippen LogP contribution in [0.5, 0.6) is 11.5 Å². The molecule has 0 saturated carbocycles. The van der Waals surface area contributed by atoms with Crippen LogP contribution in [0.4, 0.5) is 0 Å². The van der Waals surface area contributed by atoms with Crippen molar-refractivity contribution < 1.29 is 19.1 Å². The lowest BCUT2D eigenvalue weighted by Gasteiger charge is -2.14. The number of hydrogen-bond acceptors (Lipinski definition) is 5. The maximum absolute atomic E-state index is 12.1. The lowest BCUT2D eigenvalue weighted by Crippen LogP contribution is -2.44. The highest BCUT2D eigenvalue weighted by molar-refractivity contribution is 5.97. The highest BCUT2D eigenvalue weighted by Gasteiger charge is 2.17. The van der Waals surface area contributed by atoms with E-state index in [9.17, 15) is 9.59 Å². The summed E-state index contributed by atoms with van der Waals surface area (Å²) >= 11 is 0. The van der Waals surface area contributed by atoms with Gasteiger partial charge in [0, 0.05) is 18.9 Å². The van der Waals surface area contributed by atoms with Crippen molar-refractivity contribution in [3.05, 3.63) is 53.9 Å². The van der Waals surface area contributed by atoms with Gasteiger partial charge in [-0.1, -0.05) is 6.07 Å². The standard InChI is InChI=1S/C17H17N3O4/c1-11(20-17(22)13-3-2-6-18-9-13)16(21)19-8-12-4-5-14-15(7-12)24-10-23-14/h2-7,9,11H,8,10H2,1H3,(H,19,21)(H,20,22)/t11-/m0/s1. The van der Waals surface area contributed by atoms with Gasteiger partial charge >= 0.3 is 0 Å². The minimum Gasteiger partial charge on any atom is -0.454 e. The third-order valence-electron chi connectivity index (χ3n) is 3.57. The summed E-state index contributed by atoms with van der Waals surface area (Å²) in [5.41, 5.74) is 1.30. The third-order valence-corrected chi connectivity index (χ3v) is 3.57. The number of rotatable bonds is 5. The average molecular weight is 327 g/mol. The lowest BCUT2D eigenvalue weighted by atomic mass is 10.2. The zero-order valence-electron chi connectivity index (χ0n) is 13.1. The van der Waals surface area contributed by atoms with Crippen LogP contribution in [-0.4, -0.2) is 29.6 Å². The van der Waals surface area contributed by atoms with Gasteiger partial charge in [0.05, 0.1) is 5.56 Å². The number of amides is 2. The molecule has 24 heavy (non-hydrogen) atoms. The fourth-order valence-electron chi connectivity index (χ4n) is 2.24. The molecule has 2 N–H and O–H groups in total. The SMILES string of the molecule is C[C@H](NC(=O)c1cccnc1)C(=O)NCc1ccc2c(c1)OCO2. The van der Waals surface area contributed by atoms with Gasteiger partial charge in [-0.05, 0) is 36.8 Å². The second kappa shape index (κ2) is 6.99. The molecule has 2 aromatic rings. The third kappa shape index (κ3) is 3.62. The van der Waals surface area contributed by atoms with Crippen molar-refractivity contribution in [2.24, 2.45) is 0 Å². The second-order valence-electron chi connectivity index (χ2n) is 5.34. The van der Waals surface area contributed by atoms with E-state index in [4.69, 9.17) is 9.47 Å². The molecule has 7 nitrogen and oxygen atoms in total. The van der Waals surface area contributed by atoms with Crippen molar-refractivity contribution in [1.29, 1.82) is 0 Å². The topological polar surface area (TPSA) is 89.6 Å². The van der Waals surface area contributed by atoms with Crippen LogP contribution in [0.3, 0.4) is 0 Å². The summed E-state index contributed by atoms with van der Waals surface area (Å²) in [6, 6.07) is 8.12. The van der Waals surface area contributed by atoms with E-state index in [1.165, 1.54) is 6.20 Å². The smallest absolute Gasteiger partial charge is 0.253 e. The van der Waals surface area contributed by atoms with Gasteiger partial charge in [-0.3, -0.25) is 14.6 Å². The first-order valence-electron chi connectivity index (χ1n) is 7.50. The van der Waals surface area contributed by atoms with Crippen LogP contribution >= 0.6 is 0 Å². The number of ether oxygens (including phenoxy) is 2. The Bertz CT molecular complexity index is 749. The molecule has 7 heteroatoms. The van der Waals surface area contributed by atoms with Crippen LogP contribution < -0.4 is 20.1 Å². The highest BCUT2D eigenvalue weighted by Crippen LogP contribution is 2.32. The number of nitrogens with zero attached hydrogens (tertiary/aromatic N) is 1. The molecule has 2 amide bonds. The Kier molecular flexibility index (Phi) is 4.60. The summed E-state index contributed by atoms with van der Waals surface area (Å²) in [6.07, 6.45) is 3.03. The average Bonchev–Trinajstić information content (AvgIpc) is 3.08. The molecule has 0 bridgehead atoms. The first kappa shape index (κ1) is 15.8. The van der Waals surface area contributed by atoms with Gasteiger partial charge < -0.3 is 20.1 Å². The molecule has 3 rings (SSSR count). The van der Waals surface area contributed by atoms with Crippen molar-refractivity contribution >= 4 is 11.8 Å². The first-order chi connectivity index (χ1) is 11.6. The fraction of sp³-hybridized carbons (Fsp3) is 0.235. The maximum atomic E-state index is 12.1. The van der Waals surface area contributed by atoms with Gasteiger partial charge in [0.25, 0.3) is 5.91 Å². The van der Waals surface area contributed by atoms with Gasteiger partial charge in [-0.15, -0.1) is 0 Å². The first-order valence-corrected chi connectivity index (χ1v) is 7.50. The quantitative estimate of drug-likeness (QED) is 0.862. The Morgan fingerprint density at radius 3 is 2.88 bits per heavy atom. The number of carbonyl (C=O) groups is 2. The molecule has 1 aromatic carbocycles. The second-order valence-corrected chi connectivity index (χ2v) is 5.34. The van der Waals surface area contributed by atoms with Crippen LogP contribution in [0.2, 0.25) is 0 Å². The summed E-state index contributed by atoms with van der Waals surface area (Å²) in [6.45, 7) is 2.17. The zero-order valence-corrected chi connectivity index (χ0v) is 13.1. The Morgan fingerprint density at radius 1 is 1.25 bits per heavy atom. The number of pyridine rings is 1. The van der Waals surface area contributed by atoms with E-state index in [0.717, 1.165) is 5.56 Å². The zero-order chi connectivity index (χ0) is 16.9. The van der Waals surface area contributed by atoms with Crippen LogP contribution in [-0.2, 0) is 11.3 Å². The van der Waals surface area contributed by atoms with E-state index in [1.807, 2.05) is 12.1 Å². The summed E-state index contributed by atoms with van der Waals surface area (Å²) in [5.74, 6) is 0.751. The van der Waals surface area contributed by atoms with Crippen LogP contribution in [0.15, 0.2) is 42.7 Å². The van der Waals surface area contributed by atoms with E-state index >= 15 is 0 Å². The number of nitrogens with one attached hydrogen (secondary N) is 2. The largest absolute Gasteiger partial charge is 0.454 e. The minimum atomic E-state index is -0.660. The van der Waals surface area contributed by atoms with Crippen molar-refractivity contribution in [3.63, 3.8) is 0 Å². The van der Waals surface area contributed by atoms with Crippen molar-refractivity contribution in [3.8, 4) is 11.5 Å². The molecule has 0 unspecified atom stereocenters. The molecule has 1 aliphatic heterocycles. The van der Waals surface area contributed by atoms with Gasteiger partial charge in [0.1, 0.15) is 6.04 Å². The van der Waals surface area contributed by atoms with Gasteiger partial charge in [0.2, 0.25) is 12.7 Å². The normalized spacial score (nSPS) is 13.2. The summed E-state index contributed by atoms with van der Waals surface area (Å²) in [7, 11) is 0. The van der Waals surface area contributed by atoms with E-state index in [1.54, 1.807) is 31.3 Å². The Labute approximate surface area is 139 Å². The Balaban J connectivity index is 1.52. The highest BCUT2D eigenvalue weighted by atomic mass is 16.7. The van der Waals surface area contributed by atoms with Gasteiger partial charge in [0.15, 0.2) is 11.5 Å². The number of hydrogen-bond donors (Lipinski definition) is 2. The predicted octanol–water partition coefficient (Wildman–Crippen LogP) is 1.24. The fourth-order valence-corrected chi connectivity index (χ4v) is 2.24. The van der Waals surface area contributed by atoms with Gasteiger partial charge in [-0.25, -0.2) is 0 Å². The van der Waals surface area contributed by atoms with E-state index in [2.05, 4.69) is 15.6 Å². The number of benzene rings is 1. The number of aromatic nitrogens is 1. The summed E-state index contributed by atoms with van der Waals surface area (Å²) in [5, 5.41) is 5.42. The molecular weight excluding hydrogens is 310 g/mol. The monoisotopic (exact) mass is 327 g/mol.